The molecule has 0 spiro atoms. The Labute approximate surface area is 233 Å². The van der Waals surface area contributed by atoms with Crippen molar-refractivity contribution in [1.82, 2.24) is 10.0 Å². The minimum atomic E-state index is -4.23. The number of ether oxygens (including phenoxy) is 1. The monoisotopic (exact) mass is 610 g/mol. The molecule has 0 fully saturated rings. The molecule has 0 aliphatic heterocycles. The summed E-state index contributed by atoms with van der Waals surface area (Å²) in [6.07, 6.45) is 1.37. The highest BCUT2D eigenvalue weighted by molar-refractivity contribution is 9.10. The van der Waals surface area contributed by atoms with Gasteiger partial charge in [0.15, 0.2) is 0 Å². The van der Waals surface area contributed by atoms with Gasteiger partial charge in [0.25, 0.3) is 21.8 Å². The number of hydrogen-bond acceptors (Lipinski definition) is 5. The maximum Gasteiger partial charge on any atom is 0.281 e. The third kappa shape index (κ3) is 7.10. The van der Waals surface area contributed by atoms with Crippen molar-refractivity contribution in [2.75, 3.05) is 0 Å². The van der Waals surface area contributed by atoms with Crippen molar-refractivity contribution in [2.45, 2.75) is 4.90 Å². The minimum Gasteiger partial charge on any atom is -0.456 e. The van der Waals surface area contributed by atoms with E-state index in [0.717, 1.165) is 4.47 Å². The molecule has 10 heteroatoms. The van der Waals surface area contributed by atoms with Crippen LogP contribution < -0.4 is 14.8 Å². The molecule has 0 heterocycles. The smallest absolute Gasteiger partial charge is 0.281 e. The SMILES string of the molecule is O=C(NS(=O)(=O)c1ccc(Cl)cc1)C(=Cc1ccc(Oc2ccccc2Br)cc1)NC(=O)c1ccccc1. The van der Waals surface area contributed by atoms with E-state index in [0.29, 0.717) is 27.6 Å². The molecule has 38 heavy (non-hydrogen) atoms. The summed E-state index contributed by atoms with van der Waals surface area (Å²) in [6, 6.07) is 27.6. The molecule has 0 atom stereocenters. The van der Waals surface area contributed by atoms with Gasteiger partial charge < -0.3 is 10.1 Å². The summed E-state index contributed by atoms with van der Waals surface area (Å²) in [4.78, 5) is 25.7. The van der Waals surface area contributed by atoms with E-state index in [-0.39, 0.29) is 10.6 Å². The van der Waals surface area contributed by atoms with Crippen molar-refractivity contribution >= 4 is 55.4 Å². The van der Waals surface area contributed by atoms with Crippen LogP contribution in [0.2, 0.25) is 5.02 Å². The number of hydrogen-bond donors (Lipinski definition) is 2. The molecule has 0 aliphatic rings. The van der Waals surface area contributed by atoms with Gasteiger partial charge in [-0.15, -0.1) is 0 Å². The molecule has 7 nitrogen and oxygen atoms in total. The lowest BCUT2D eigenvalue weighted by Crippen LogP contribution is -2.38. The fourth-order valence-corrected chi connectivity index (χ4v) is 4.70. The van der Waals surface area contributed by atoms with Crippen LogP contribution in [0.3, 0.4) is 0 Å². The summed E-state index contributed by atoms with van der Waals surface area (Å²) in [5, 5.41) is 2.86. The van der Waals surface area contributed by atoms with Crippen LogP contribution >= 0.6 is 27.5 Å². The summed E-state index contributed by atoms with van der Waals surface area (Å²) in [6.45, 7) is 0. The quantitative estimate of drug-likeness (QED) is 0.232. The highest BCUT2D eigenvalue weighted by Crippen LogP contribution is 2.29. The van der Waals surface area contributed by atoms with Gasteiger partial charge in [-0.3, -0.25) is 9.59 Å². The van der Waals surface area contributed by atoms with Crippen LogP contribution in [-0.4, -0.2) is 20.2 Å². The Balaban J connectivity index is 1.60. The third-order valence-corrected chi connectivity index (χ3v) is 7.39. The molecule has 0 aliphatic carbocycles. The first-order valence-corrected chi connectivity index (χ1v) is 13.8. The average molecular weight is 612 g/mol. The van der Waals surface area contributed by atoms with Gasteiger partial charge in [0.05, 0.1) is 9.37 Å². The fraction of sp³-hybridized carbons (Fsp3) is 0. The van der Waals surface area contributed by atoms with Crippen molar-refractivity contribution in [2.24, 2.45) is 0 Å². The molecule has 0 bridgehead atoms. The number of carbonyl (C=O) groups is 2. The molecule has 2 N–H and O–H groups in total. The number of halogens is 2. The molecule has 0 saturated heterocycles. The molecule has 4 aromatic rings. The second-order valence-corrected chi connectivity index (χ2v) is 10.8. The Kier molecular flexibility index (Phi) is 8.62. The summed E-state index contributed by atoms with van der Waals surface area (Å²) in [5.74, 6) is -0.431. The number of para-hydroxylation sites is 1. The molecule has 0 unspecified atom stereocenters. The van der Waals surface area contributed by atoms with E-state index in [1.807, 2.05) is 22.9 Å². The minimum absolute atomic E-state index is 0.155. The van der Waals surface area contributed by atoms with E-state index in [1.54, 1.807) is 60.7 Å². The molecular weight excluding hydrogens is 592 g/mol. The fourth-order valence-electron chi connectivity index (χ4n) is 3.25. The zero-order chi connectivity index (χ0) is 27.1. The van der Waals surface area contributed by atoms with Crippen LogP contribution in [0.5, 0.6) is 11.5 Å². The summed E-state index contributed by atoms with van der Waals surface area (Å²) < 4.78 is 34.2. The standard InChI is InChI=1S/C28H20BrClN2O5S/c29-24-8-4-5-9-26(24)37-22-14-10-19(11-15-22)18-25(31-27(33)20-6-2-1-3-7-20)28(34)32-38(35,36)23-16-12-21(30)13-17-23/h1-18H,(H,31,33)(H,32,34). The van der Waals surface area contributed by atoms with E-state index in [1.165, 1.54) is 30.3 Å². The van der Waals surface area contributed by atoms with Gasteiger partial charge in [0.2, 0.25) is 0 Å². The van der Waals surface area contributed by atoms with Crippen LogP contribution in [0, 0.1) is 0 Å². The molecule has 4 rings (SSSR count). The number of carbonyl (C=O) groups excluding carboxylic acids is 2. The Morgan fingerprint density at radius 2 is 1.45 bits per heavy atom. The van der Waals surface area contributed by atoms with Crippen LogP contribution in [0.25, 0.3) is 6.08 Å². The van der Waals surface area contributed by atoms with Gasteiger partial charge in [0.1, 0.15) is 17.2 Å². The topological polar surface area (TPSA) is 102 Å². The highest BCUT2D eigenvalue weighted by Gasteiger charge is 2.22. The second-order valence-electron chi connectivity index (χ2n) is 7.87. The summed E-state index contributed by atoms with van der Waals surface area (Å²) >= 11 is 9.27. The lowest BCUT2D eigenvalue weighted by Gasteiger charge is -2.12. The number of sulfonamides is 1. The van der Waals surface area contributed by atoms with Gasteiger partial charge in [-0.1, -0.05) is 54.1 Å². The predicted molar refractivity (Wildman–Crippen MR) is 149 cm³/mol. The van der Waals surface area contributed by atoms with Gasteiger partial charge >= 0.3 is 0 Å². The van der Waals surface area contributed by atoms with Crippen LogP contribution in [-0.2, 0) is 14.8 Å². The van der Waals surface area contributed by atoms with E-state index in [9.17, 15) is 18.0 Å². The Bertz CT molecular complexity index is 1590. The van der Waals surface area contributed by atoms with Gasteiger partial charge in [-0.25, -0.2) is 13.1 Å². The van der Waals surface area contributed by atoms with Crippen LogP contribution in [0.1, 0.15) is 15.9 Å². The summed E-state index contributed by atoms with van der Waals surface area (Å²) in [7, 11) is -4.23. The Hall–Kier alpha value is -3.92. The van der Waals surface area contributed by atoms with E-state index < -0.39 is 21.8 Å². The normalized spacial score (nSPS) is 11.5. The Morgan fingerprint density at radius 1 is 0.816 bits per heavy atom. The molecule has 2 amide bonds. The lowest BCUT2D eigenvalue weighted by molar-refractivity contribution is -0.116. The first-order valence-electron chi connectivity index (χ1n) is 11.1. The van der Waals surface area contributed by atoms with Gasteiger partial charge in [0, 0.05) is 10.6 Å². The van der Waals surface area contributed by atoms with Crippen molar-refractivity contribution in [3.05, 3.63) is 129 Å². The van der Waals surface area contributed by atoms with E-state index in [2.05, 4.69) is 21.2 Å². The first-order chi connectivity index (χ1) is 18.2. The molecular formula is C28H20BrClN2O5S. The van der Waals surface area contributed by atoms with Gasteiger partial charge in [-0.2, -0.15) is 0 Å². The lowest BCUT2D eigenvalue weighted by atomic mass is 10.1. The zero-order valence-electron chi connectivity index (χ0n) is 19.6. The maximum atomic E-state index is 13.1. The third-order valence-electron chi connectivity index (χ3n) is 5.14. The number of nitrogens with one attached hydrogen (secondary N) is 2. The van der Waals surface area contributed by atoms with Crippen LogP contribution in [0.4, 0.5) is 0 Å². The van der Waals surface area contributed by atoms with Gasteiger partial charge in [-0.05, 0) is 88.2 Å². The van der Waals surface area contributed by atoms with E-state index in [4.69, 9.17) is 16.3 Å². The van der Waals surface area contributed by atoms with Crippen molar-refractivity contribution < 1.29 is 22.7 Å². The average Bonchev–Trinajstić information content (AvgIpc) is 2.91. The number of benzene rings is 4. The van der Waals surface area contributed by atoms with Crippen molar-refractivity contribution in [3.8, 4) is 11.5 Å². The number of rotatable bonds is 8. The predicted octanol–water partition coefficient (Wildman–Crippen LogP) is 6.17. The molecule has 192 valence electrons. The second kappa shape index (κ2) is 12.1. The van der Waals surface area contributed by atoms with Crippen molar-refractivity contribution in [3.63, 3.8) is 0 Å². The molecule has 4 aromatic carbocycles. The highest BCUT2D eigenvalue weighted by atomic mass is 79.9. The van der Waals surface area contributed by atoms with Crippen LogP contribution in [0.15, 0.2) is 118 Å². The first kappa shape index (κ1) is 27.1. The zero-order valence-corrected chi connectivity index (χ0v) is 22.8. The molecule has 0 saturated carbocycles. The maximum absolute atomic E-state index is 13.1. The van der Waals surface area contributed by atoms with E-state index >= 15 is 0 Å². The number of amides is 2. The van der Waals surface area contributed by atoms with Crippen molar-refractivity contribution in [1.29, 1.82) is 0 Å². The largest absolute Gasteiger partial charge is 0.456 e. The Morgan fingerprint density at radius 3 is 2.11 bits per heavy atom. The molecule has 0 radical (unpaired) electrons. The molecule has 0 aromatic heterocycles. The summed E-state index contributed by atoms with van der Waals surface area (Å²) in [5.41, 5.74) is 0.548.